The number of thiophene rings is 1. The Balaban J connectivity index is 2.94. The van der Waals surface area contributed by atoms with Crippen molar-refractivity contribution in [2.24, 2.45) is 0 Å². The van der Waals surface area contributed by atoms with Crippen molar-refractivity contribution in [3.05, 3.63) is 21.9 Å². The minimum absolute atomic E-state index is 0.309. The predicted molar refractivity (Wildman–Crippen MR) is 79.5 cm³/mol. The summed E-state index contributed by atoms with van der Waals surface area (Å²) in [4.78, 5) is 13.9. The summed E-state index contributed by atoms with van der Waals surface area (Å²) in [5, 5.41) is 0. The van der Waals surface area contributed by atoms with Crippen LogP contribution in [0.2, 0.25) is 0 Å². The van der Waals surface area contributed by atoms with Gasteiger partial charge in [0.2, 0.25) is 0 Å². The lowest BCUT2D eigenvalue weighted by atomic mass is 10.2. The number of esters is 1. The van der Waals surface area contributed by atoms with Gasteiger partial charge in [0.05, 0.1) is 22.3 Å². The van der Waals surface area contributed by atoms with Gasteiger partial charge in [-0.15, -0.1) is 11.3 Å². The van der Waals surface area contributed by atoms with Crippen LogP contribution in [0, 0.1) is 6.92 Å². The van der Waals surface area contributed by atoms with Crippen LogP contribution in [-0.4, -0.2) is 21.5 Å². The SMILES string of the molecule is CCOC(=O)[C@H](N[S@](=O)C(C)(C)C)c1ccc(C)s1. The molecule has 1 N–H and O–H groups in total. The van der Waals surface area contributed by atoms with Gasteiger partial charge >= 0.3 is 5.97 Å². The molecule has 0 unspecified atom stereocenters. The predicted octanol–water partition coefficient (Wildman–Crippen LogP) is 2.71. The smallest absolute Gasteiger partial charge is 0.329 e. The van der Waals surface area contributed by atoms with E-state index in [0.29, 0.717) is 6.61 Å². The molecule has 0 aromatic carbocycles. The fourth-order valence-corrected chi connectivity index (χ4v) is 3.12. The van der Waals surface area contributed by atoms with Gasteiger partial charge in [0, 0.05) is 9.75 Å². The Hall–Kier alpha value is -0.720. The van der Waals surface area contributed by atoms with Crippen molar-refractivity contribution in [2.45, 2.75) is 45.4 Å². The monoisotopic (exact) mass is 303 g/mol. The van der Waals surface area contributed by atoms with Gasteiger partial charge in [0.15, 0.2) is 6.04 Å². The molecule has 0 spiro atoms. The summed E-state index contributed by atoms with van der Waals surface area (Å²) < 4.78 is 19.7. The zero-order chi connectivity index (χ0) is 14.6. The Bertz CT molecular complexity index is 463. The molecule has 19 heavy (non-hydrogen) atoms. The zero-order valence-corrected chi connectivity index (χ0v) is 13.6. The Kier molecular flexibility index (Phi) is 5.70. The van der Waals surface area contributed by atoms with Gasteiger partial charge in [0.1, 0.15) is 0 Å². The van der Waals surface area contributed by atoms with Gasteiger partial charge in [0.25, 0.3) is 0 Å². The first-order valence-corrected chi connectivity index (χ1v) is 8.13. The summed E-state index contributed by atoms with van der Waals surface area (Å²) in [7, 11) is -1.33. The molecule has 1 aromatic heterocycles. The Labute approximate surface area is 121 Å². The van der Waals surface area contributed by atoms with Gasteiger partial charge in [-0.05, 0) is 46.8 Å². The van der Waals surface area contributed by atoms with Gasteiger partial charge in [-0.2, -0.15) is 0 Å². The van der Waals surface area contributed by atoms with Gasteiger partial charge < -0.3 is 4.74 Å². The third kappa shape index (κ3) is 4.71. The van der Waals surface area contributed by atoms with E-state index in [1.54, 1.807) is 6.92 Å². The third-order valence-corrected chi connectivity index (χ3v) is 4.98. The molecule has 2 atom stereocenters. The van der Waals surface area contributed by atoms with E-state index in [9.17, 15) is 9.00 Å². The standard InChI is InChI=1S/C13H21NO3S2/c1-6-17-12(15)11(10-8-7-9(2)18-10)14-19(16)13(3,4)5/h7-8,11,14H,6H2,1-5H3/t11-,19-/m1/s1. The quantitative estimate of drug-likeness (QED) is 0.851. The summed E-state index contributed by atoms with van der Waals surface area (Å²) in [6, 6.07) is 3.14. The number of ether oxygens (including phenoxy) is 1. The molecule has 0 aliphatic rings. The first-order chi connectivity index (χ1) is 8.75. The van der Waals surface area contributed by atoms with Crippen LogP contribution in [0.15, 0.2) is 12.1 Å². The topological polar surface area (TPSA) is 55.4 Å². The lowest BCUT2D eigenvalue weighted by Gasteiger charge is -2.22. The first kappa shape index (κ1) is 16.3. The fourth-order valence-electron chi connectivity index (χ4n) is 1.34. The summed E-state index contributed by atoms with van der Waals surface area (Å²) in [6.45, 7) is 9.62. The van der Waals surface area contributed by atoms with Crippen LogP contribution in [0.4, 0.5) is 0 Å². The van der Waals surface area contributed by atoms with Crippen LogP contribution in [0.1, 0.15) is 43.5 Å². The Morgan fingerprint density at radius 2 is 2.11 bits per heavy atom. The molecular formula is C13H21NO3S2. The molecule has 1 rings (SSSR count). The molecule has 0 aliphatic heterocycles. The summed E-state index contributed by atoms with van der Waals surface area (Å²) in [5.74, 6) is -0.387. The van der Waals surface area contributed by atoms with Gasteiger partial charge in [-0.3, -0.25) is 0 Å². The second-order valence-corrected chi connectivity index (χ2v) is 8.45. The molecule has 108 valence electrons. The van der Waals surface area contributed by atoms with E-state index >= 15 is 0 Å². The van der Waals surface area contributed by atoms with Crippen molar-refractivity contribution < 1.29 is 13.7 Å². The second-order valence-electron chi connectivity index (χ2n) is 5.13. The fraction of sp³-hybridized carbons (Fsp3) is 0.615. The zero-order valence-electron chi connectivity index (χ0n) is 12.0. The molecule has 0 radical (unpaired) electrons. The van der Waals surface area contributed by atoms with Crippen molar-refractivity contribution in [2.75, 3.05) is 6.61 Å². The molecule has 6 heteroatoms. The average molecular weight is 303 g/mol. The van der Waals surface area contributed by atoms with Crippen LogP contribution in [-0.2, 0) is 20.5 Å². The second kappa shape index (κ2) is 6.63. The number of nitrogens with one attached hydrogen (secondary N) is 1. The van der Waals surface area contributed by atoms with Crippen LogP contribution in [0.5, 0.6) is 0 Å². The third-order valence-electron chi connectivity index (χ3n) is 2.35. The number of hydrogen-bond donors (Lipinski definition) is 1. The average Bonchev–Trinajstić information content (AvgIpc) is 2.71. The number of carbonyl (C=O) groups is 1. The van der Waals surface area contributed by atoms with Crippen LogP contribution < -0.4 is 4.72 Å². The number of rotatable bonds is 5. The molecule has 0 aliphatic carbocycles. The lowest BCUT2D eigenvalue weighted by molar-refractivity contribution is -0.145. The minimum Gasteiger partial charge on any atom is -0.465 e. The number of carbonyl (C=O) groups excluding carboxylic acids is 1. The molecule has 4 nitrogen and oxygen atoms in total. The maximum absolute atomic E-state index is 12.2. The Morgan fingerprint density at radius 3 is 2.53 bits per heavy atom. The van der Waals surface area contributed by atoms with Crippen molar-refractivity contribution >= 4 is 28.3 Å². The highest BCUT2D eigenvalue weighted by Gasteiger charge is 2.29. The number of aryl methyl sites for hydroxylation is 1. The van der Waals surface area contributed by atoms with Crippen LogP contribution in [0.3, 0.4) is 0 Å². The number of hydrogen-bond acceptors (Lipinski definition) is 4. The Morgan fingerprint density at radius 1 is 1.47 bits per heavy atom. The molecule has 1 heterocycles. The van der Waals surface area contributed by atoms with E-state index in [1.165, 1.54) is 11.3 Å². The van der Waals surface area contributed by atoms with Crippen molar-refractivity contribution in [1.82, 2.24) is 4.72 Å². The molecule has 0 saturated heterocycles. The highest BCUT2D eigenvalue weighted by molar-refractivity contribution is 7.84. The lowest BCUT2D eigenvalue weighted by Crippen LogP contribution is -2.39. The molecule has 1 aromatic rings. The molecule has 0 bridgehead atoms. The van der Waals surface area contributed by atoms with E-state index < -0.39 is 21.8 Å². The summed E-state index contributed by atoms with van der Waals surface area (Å²) in [5.41, 5.74) is 0. The van der Waals surface area contributed by atoms with E-state index in [0.717, 1.165) is 9.75 Å². The van der Waals surface area contributed by atoms with E-state index in [-0.39, 0.29) is 5.97 Å². The van der Waals surface area contributed by atoms with Crippen LogP contribution >= 0.6 is 11.3 Å². The normalized spacial score (nSPS) is 15.0. The van der Waals surface area contributed by atoms with Crippen molar-refractivity contribution in [3.63, 3.8) is 0 Å². The van der Waals surface area contributed by atoms with Gasteiger partial charge in [-0.25, -0.2) is 13.7 Å². The molecular weight excluding hydrogens is 282 g/mol. The largest absolute Gasteiger partial charge is 0.465 e. The van der Waals surface area contributed by atoms with Crippen LogP contribution in [0.25, 0.3) is 0 Å². The highest BCUT2D eigenvalue weighted by Crippen LogP contribution is 2.25. The minimum atomic E-state index is -1.33. The first-order valence-electron chi connectivity index (χ1n) is 6.16. The van der Waals surface area contributed by atoms with E-state index in [2.05, 4.69) is 4.72 Å². The molecule has 0 fully saturated rings. The maximum atomic E-state index is 12.2. The van der Waals surface area contributed by atoms with E-state index in [1.807, 2.05) is 39.8 Å². The molecule has 0 amide bonds. The molecule has 0 saturated carbocycles. The highest BCUT2D eigenvalue weighted by atomic mass is 32.2. The van der Waals surface area contributed by atoms with E-state index in [4.69, 9.17) is 4.74 Å². The summed E-state index contributed by atoms with van der Waals surface area (Å²) in [6.07, 6.45) is 0. The maximum Gasteiger partial charge on any atom is 0.329 e. The van der Waals surface area contributed by atoms with Gasteiger partial charge in [-0.1, -0.05) is 0 Å². The summed E-state index contributed by atoms with van der Waals surface area (Å²) >= 11 is 1.50. The van der Waals surface area contributed by atoms with Crippen molar-refractivity contribution in [3.8, 4) is 0 Å². The van der Waals surface area contributed by atoms with Crippen molar-refractivity contribution in [1.29, 1.82) is 0 Å².